The van der Waals surface area contributed by atoms with Gasteiger partial charge in [0.05, 0.1) is 11.8 Å². The monoisotopic (exact) mass is 277 g/mol. The summed E-state index contributed by atoms with van der Waals surface area (Å²) in [7, 11) is 0. The molecule has 110 valence electrons. The van der Waals surface area contributed by atoms with Crippen molar-refractivity contribution in [1.29, 1.82) is 0 Å². The van der Waals surface area contributed by atoms with Crippen LogP contribution < -0.4 is 5.32 Å². The van der Waals surface area contributed by atoms with E-state index in [1.54, 1.807) is 0 Å². The molecule has 1 aliphatic rings. The highest BCUT2D eigenvalue weighted by atomic mass is 16.3. The Morgan fingerprint density at radius 3 is 2.85 bits per heavy atom. The topological polar surface area (TPSA) is 65.5 Å². The summed E-state index contributed by atoms with van der Waals surface area (Å²) < 4.78 is 0. The predicted octanol–water partition coefficient (Wildman–Crippen LogP) is 1.78. The van der Waals surface area contributed by atoms with E-state index < -0.39 is 0 Å². The molecule has 0 unspecified atom stereocenters. The largest absolute Gasteiger partial charge is 0.506 e. The normalized spacial score (nSPS) is 17.1. The van der Waals surface area contributed by atoms with Crippen LogP contribution in [0.5, 0.6) is 5.75 Å². The third kappa shape index (κ3) is 4.20. The maximum absolute atomic E-state index is 12.0. The van der Waals surface area contributed by atoms with Crippen molar-refractivity contribution in [3.63, 3.8) is 0 Å². The van der Waals surface area contributed by atoms with E-state index in [1.165, 1.54) is 31.3 Å². The number of carbonyl (C=O) groups excluding carboxylic acids is 1. The highest BCUT2D eigenvalue weighted by Crippen LogP contribution is 2.13. The summed E-state index contributed by atoms with van der Waals surface area (Å²) in [6.07, 6.45) is 7.24. The van der Waals surface area contributed by atoms with Gasteiger partial charge in [0.2, 0.25) is 0 Å². The van der Waals surface area contributed by atoms with Gasteiger partial charge >= 0.3 is 0 Å². The zero-order chi connectivity index (χ0) is 14.4. The van der Waals surface area contributed by atoms with Gasteiger partial charge < -0.3 is 15.3 Å². The number of carbonyl (C=O) groups is 1. The molecule has 2 N–H and O–H groups in total. The van der Waals surface area contributed by atoms with Gasteiger partial charge in [0, 0.05) is 25.3 Å². The molecule has 0 atom stereocenters. The number of hydrogen-bond donors (Lipinski definition) is 2. The Bertz CT molecular complexity index is 442. The van der Waals surface area contributed by atoms with E-state index in [4.69, 9.17) is 0 Å². The summed E-state index contributed by atoms with van der Waals surface area (Å²) in [6, 6.07) is 1.67. The number of aromatic hydroxyl groups is 1. The van der Waals surface area contributed by atoms with E-state index in [0.717, 1.165) is 32.5 Å². The molecule has 1 aromatic heterocycles. The first kappa shape index (κ1) is 14.8. The van der Waals surface area contributed by atoms with Gasteiger partial charge in [-0.1, -0.05) is 13.3 Å². The molecule has 0 spiro atoms. The number of amides is 1. The fourth-order valence-corrected chi connectivity index (χ4v) is 2.50. The van der Waals surface area contributed by atoms with Gasteiger partial charge in [-0.05, 0) is 31.9 Å². The average molecular weight is 277 g/mol. The van der Waals surface area contributed by atoms with Gasteiger partial charge in [-0.2, -0.15) is 0 Å². The minimum Gasteiger partial charge on any atom is -0.506 e. The molecule has 20 heavy (non-hydrogen) atoms. The smallest absolute Gasteiger partial charge is 0.253 e. The van der Waals surface area contributed by atoms with Crippen LogP contribution in [0.2, 0.25) is 0 Å². The van der Waals surface area contributed by atoms with E-state index >= 15 is 0 Å². The van der Waals surface area contributed by atoms with Gasteiger partial charge in [0.1, 0.15) is 5.75 Å². The Balaban J connectivity index is 1.79. The van der Waals surface area contributed by atoms with Crippen LogP contribution >= 0.6 is 0 Å². The summed E-state index contributed by atoms with van der Waals surface area (Å²) in [5.41, 5.74) is 0.415. The first-order valence-electron chi connectivity index (χ1n) is 7.36. The standard InChI is InChI=1S/C15H23N3O2/c1-2-3-6-18-7-4-13(5-8-18)17-15(20)12-9-14(19)11-16-10-12/h9-11,13,19H,2-8H2,1H3,(H,17,20). The molecule has 1 saturated heterocycles. The van der Waals surface area contributed by atoms with E-state index in [2.05, 4.69) is 22.1 Å². The molecule has 0 bridgehead atoms. The number of hydrogen-bond acceptors (Lipinski definition) is 4. The lowest BCUT2D eigenvalue weighted by Gasteiger charge is -2.32. The van der Waals surface area contributed by atoms with Gasteiger partial charge in [-0.3, -0.25) is 9.78 Å². The second-order valence-corrected chi connectivity index (χ2v) is 5.37. The van der Waals surface area contributed by atoms with Crippen molar-refractivity contribution in [2.75, 3.05) is 19.6 Å². The maximum Gasteiger partial charge on any atom is 0.253 e. The van der Waals surface area contributed by atoms with Crippen LogP contribution in [0.3, 0.4) is 0 Å². The van der Waals surface area contributed by atoms with Crippen molar-refractivity contribution in [3.8, 4) is 5.75 Å². The second-order valence-electron chi connectivity index (χ2n) is 5.37. The van der Waals surface area contributed by atoms with Gasteiger partial charge in [-0.25, -0.2) is 0 Å². The molecule has 2 heterocycles. The zero-order valence-electron chi connectivity index (χ0n) is 12.0. The lowest BCUT2D eigenvalue weighted by molar-refractivity contribution is 0.0910. The molecule has 0 radical (unpaired) electrons. The van der Waals surface area contributed by atoms with Crippen molar-refractivity contribution >= 4 is 5.91 Å². The second kappa shape index (κ2) is 7.24. The average Bonchev–Trinajstić information content (AvgIpc) is 2.46. The van der Waals surface area contributed by atoms with Crippen molar-refractivity contribution in [1.82, 2.24) is 15.2 Å². The Kier molecular flexibility index (Phi) is 5.35. The molecule has 2 rings (SSSR count). The number of unbranched alkanes of at least 4 members (excludes halogenated alkanes) is 1. The van der Waals surface area contributed by atoms with Crippen LogP contribution in [0.25, 0.3) is 0 Å². The van der Waals surface area contributed by atoms with Gasteiger partial charge in [0.15, 0.2) is 0 Å². The van der Waals surface area contributed by atoms with Crippen LogP contribution in [0.4, 0.5) is 0 Å². The first-order chi connectivity index (χ1) is 9.69. The lowest BCUT2D eigenvalue weighted by Crippen LogP contribution is -2.44. The van der Waals surface area contributed by atoms with Gasteiger partial charge in [-0.15, -0.1) is 0 Å². The van der Waals surface area contributed by atoms with E-state index in [1.807, 2.05) is 0 Å². The van der Waals surface area contributed by atoms with Crippen LogP contribution in [0.1, 0.15) is 43.0 Å². The number of pyridine rings is 1. The van der Waals surface area contributed by atoms with Gasteiger partial charge in [0.25, 0.3) is 5.91 Å². The fourth-order valence-electron chi connectivity index (χ4n) is 2.50. The molecule has 0 aliphatic carbocycles. The minimum atomic E-state index is -0.152. The van der Waals surface area contributed by atoms with Crippen LogP contribution in [-0.4, -0.2) is 46.6 Å². The highest BCUT2D eigenvalue weighted by molar-refractivity contribution is 5.94. The number of piperidine rings is 1. The molecule has 1 fully saturated rings. The summed E-state index contributed by atoms with van der Waals surface area (Å²) in [6.45, 7) is 5.45. The molecular weight excluding hydrogens is 254 g/mol. The summed E-state index contributed by atoms with van der Waals surface area (Å²) in [5.74, 6) is -0.132. The Labute approximate surface area is 120 Å². The minimum absolute atomic E-state index is 0.0204. The van der Waals surface area contributed by atoms with Crippen molar-refractivity contribution in [3.05, 3.63) is 24.0 Å². The van der Waals surface area contributed by atoms with E-state index in [9.17, 15) is 9.90 Å². The number of likely N-dealkylation sites (tertiary alicyclic amines) is 1. The Morgan fingerprint density at radius 1 is 1.45 bits per heavy atom. The lowest BCUT2D eigenvalue weighted by atomic mass is 10.0. The fraction of sp³-hybridized carbons (Fsp3) is 0.600. The van der Waals surface area contributed by atoms with Crippen LogP contribution in [-0.2, 0) is 0 Å². The van der Waals surface area contributed by atoms with Crippen molar-refractivity contribution in [2.45, 2.75) is 38.6 Å². The Hall–Kier alpha value is -1.62. The number of nitrogens with zero attached hydrogens (tertiary/aromatic N) is 2. The predicted molar refractivity (Wildman–Crippen MR) is 77.7 cm³/mol. The molecule has 1 amide bonds. The summed E-state index contributed by atoms with van der Waals surface area (Å²) >= 11 is 0. The van der Waals surface area contributed by atoms with Crippen molar-refractivity contribution < 1.29 is 9.90 Å². The highest BCUT2D eigenvalue weighted by Gasteiger charge is 2.20. The molecule has 0 saturated carbocycles. The molecular formula is C15H23N3O2. The number of rotatable bonds is 5. The third-order valence-corrected chi connectivity index (χ3v) is 3.74. The molecule has 1 aromatic rings. The quantitative estimate of drug-likeness (QED) is 0.861. The zero-order valence-corrected chi connectivity index (χ0v) is 12.0. The first-order valence-corrected chi connectivity index (χ1v) is 7.36. The number of aromatic nitrogens is 1. The van der Waals surface area contributed by atoms with E-state index in [0.29, 0.717) is 5.56 Å². The van der Waals surface area contributed by atoms with Crippen LogP contribution in [0.15, 0.2) is 18.5 Å². The van der Waals surface area contributed by atoms with E-state index in [-0.39, 0.29) is 17.7 Å². The third-order valence-electron chi connectivity index (χ3n) is 3.74. The SMILES string of the molecule is CCCCN1CCC(NC(=O)c2cncc(O)c2)CC1. The molecule has 0 aromatic carbocycles. The maximum atomic E-state index is 12.0. The summed E-state index contributed by atoms with van der Waals surface area (Å²) in [5, 5.41) is 12.4. The summed E-state index contributed by atoms with van der Waals surface area (Å²) in [4.78, 5) is 18.3. The number of nitrogens with one attached hydrogen (secondary N) is 1. The molecule has 5 nitrogen and oxygen atoms in total. The van der Waals surface area contributed by atoms with Crippen LogP contribution in [0, 0.1) is 0 Å². The molecule has 5 heteroatoms. The Morgan fingerprint density at radius 2 is 2.20 bits per heavy atom. The van der Waals surface area contributed by atoms with Crippen molar-refractivity contribution in [2.24, 2.45) is 0 Å². The molecule has 1 aliphatic heterocycles.